The van der Waals surface area contributed by atoms with Crippen LogP contribution in [-0.4, -0.2) is 23.9 Å². The van der Waals surface area contributed by atoms with Crippen LogP contribution in [0.1, 0.15) is 33.3 Å². The van der Waals surface area contributed by atoms with E-state index >= 15 is 0 Å². The van der Waals surface area contributed by atoms with Gasteiger partial charge in [-0.15, -0.1) is 0 Å². The summed E-state index contributed by atoms with van der Waals surface area (Å²) in [6.45, 7) is 9.98. The van der Waals surface area contributed by atoms with Crippen LogP contribution in [0.15, 0.2) is 18.2 Å². The zero-order valence-electron chi connectivity index (χ0n) is 11.2. The maximum atomic E-state index is 5.31. The molecule has 1 heterocycles. The first-order chi connectivity index (χ1) is 7.52. The van der Waals surface area contributed by atoms with Crippen LogP contribution in [0.5, 0.6) is 5.75 Å². The summed E-state index contributed by atoms with van der Waals surface area (Å²) >= 11 is 0. The molecule has 2 nitrogen and oxygen atoms in total. The first-order valence-corrected chi connectivity index (χ1v) is 5.82. The van der Waals surface area contributed by atoms with Crippen molar-refractivity contribution < 1.29 is 33.3 Å². The predicted octanol–water partition coefficient (Wildman–Crippen LogP) is 0.115. The van der Waals surface area contributed by atoms with Crippen molar-refractivity contribution in [2.24, 2.45) is 0 Å². The zero-order valence-corrected chi connectivity index (χ0v) is 13.3. The lowest BCUT2D eigenvalue weighted by Crippen LogP contribution is -3.00. The largest absolute Gasteiger partial charge is 1.00 e. The Morgan fingerprint density at radius 3 is 2.47 bits per heavy atom. The first kappa shape index (κ1) is 14.5. The molecule has 1 aliphatic rings. The zero-order chi connectivity index (χ0) is 11.9. The molecule has 0 amide bonds. The maximum absolute atomic E-state index is 5.31. The van der Waals surface area contributed by atoms with Crippen molar-refractivity contribution in [3.05, 3.63) is 23.8 Å². The second kappa shape index (κ2) is 4.96. The van der Waals surface area contributed by atoms with Gasteiger partial charge in [0.15, 0.2) is 5.71 Å². The molecule has 1 aliphatic heterocycles. The Hall–Kier alpha value is -0.580. The lowest BCUT2D eigenvalue weighted by atomic mass is 9.82. The van der Waals surface area contributed by atoms with Gasteiger partial charge in [-0.2, -0.15) is 4.58 Å². The third-order valence-electron chi connectivity index (χ3n) is 3.79. The van der Waals surface area contributed by atoms with Crippen molar-refractivity contribution >= 4 is 11.4 Å². The van der Waals surface area contributed by atoms with Gasteiger partial charge in [-0.05, 0) is 32.9 Å². The Balaban J connectivity index is 0.00000144. The molecule has 0 atom stereocenters. The topological polar surface area (TPSA) is 12.2 Å². The van der Waals surface area contributed by atoms with Crippen LogP contribution in [0.25, 0.3) is 0 Å². The molecule has 0 N–H and O–H groups in total. The summed E-state index contributed by atoms with van der Waals surface area (Å²) in [5.41, 5.74) is 4.22. The van der Waals surface area contributed by atoms with Gasteiger partial charge < -0.3 is 28.7 Å². The van der Waals surface area contributed by atoms with E-state index in [-0.39, 0.29) is 29.4 Å². The molecule has 0 bridgehead atoms. The summed E-state index contributed by atoms with van der Waals surface area (Å²) in [4.78, 5) is 0. The number of nitrogens with zero attached hydrogens (tertiary/aromatic N) is 1. The number of methoxy groups -OCH3 is 1. The van der Waals surface area contributed by atoms with Crippen LogP contribution in [0.4, 0.5) is 5.69 Å². The highest BCUT2D eigenvalue weighted by atomic mass is 127. The quantitative estimate of drug-likeness (QED) is 0.548. The third kappa shape index (κ3) is 2.09. The van der Waals surface area contributed by atoms with Crippen LogP contribution in [0, 0.1) is 0 Å². The van der Waals surface area contributed by atoms with E-state index in [1.165, 1.54) is 17.0 Å². The van der Waals surface area contributed by atoms with Crippen molar-refractivity contribution in [2.45, 2.75) is 33.1 Å². The van der Waals surface area contributed by atoms with Gasteiger partial charge >= 0.3 is 0 Å². The Bertz CT molecular complexity index is 463. The molecular formula is C14H20INO. The van der Waals surface area contributed by atoms with Crippen molar-refractivity contribution in [3.63, 3.8) is 0 Å². The summed E-state index contributed by atoms with van der Waals surface area (Å²) in [6.07, 6.45) is 0. The van der Waals surface area contributed by atoms with E-state index in [0.29, 0.717) is 0 Å². The lowest BCUT2D eigenvalue weighted by Gasteiger charge is -2.15. The van der Waals surface area contributed by atoms with E-state index in [4.69, 9.17) is 4.74 Å². The molecule has 0 saturated carbocycles. The minimum Gasteiger partial charge on any atom is -1.00 e. The Morgan fingerprint density at radius 1 is 1.29 bits per heavy atom. The second-order valence-corrected chi connectivity index (χ2v) is 4.84. The minimum absolute atomic E-state index is 0. The molecular weight excluding hydrogens is 325 g/mol. The normalized spacial score (nSPS) is 16.5. The SMILES string of the molecule is CC[N+]1=C(C)C(C)(C)c2cc(OC)ccc21.[I-]. The standard InChI is InChI=1S/C14H20NO.HI/c1-6-15-10(2)14(3,4)12-9-11(16-5)7-8-13(12)15;/h7-9H,6H2,1-5H3;1H/q+1;/p-1. The van der Waals surface area contributed by atoms with Gasteiger partial charge in [0.2, 0.25) is 5.69 Å². The van der Waals surface area contributed by atoms with Crippen LogP contribution in [0.3, 0.4) is 0 Å². The molecule has 2 rings (SSSR count). The lowest BCUT2D eigenvalue weighted by molar-refractivity contribution is -0.434. The molecule has 0 aromatic heterocycles. The average Bonchev–Trinajstić information content (AvgIpc) is 2.47. The minimum atomic E-state index is 0. The van der Waals surface area contributed by atoms with Crippen LogP contribution >= 0.6 is 0 Å². The molecule has 0 aliphatic carbocycles. The third-order valence-corrected chi connectivity index (χ3v) is 3.79. The summed E-state index contributed by atoms with van der Waals surface area (Å²) < 4.78 is 7.69. The summed E-state index contributed by atoms with van der Waals surface area (Å²) in [5, 5.41) is 0. The van der Waals surface area contributed by atoms with Crippen LogP contribution in [0.2, 0.25) is 0 Å². The van der Waals surface area contributed by atoms with Crippen LogP contribution < -0.4 is 28.7 Å². The number of ether oxygens (including phenoxy) is 1. The van der Waals surface area contributed by atoms with Gasteiger partial charge in [-0.3, -0.25) is 0 Å². The highest BCUT2D eigenvalue weighted by Gasteiger charge is 2.42. The fourth-order valence-electron chi connectivity index (χ4n) is 2.50. The molecule has 0 fully saturated rings. The molecule has 1 aromatic rings. The summed E-state index contributed by atoms with van der Waals surface area (Å²) in [7, 11) is 1.72. The van der Waals surface area contributed by atoms with E-state index in [2.05, 4.69) is 44.4 Å². The van der Waals surface area contributed by atoms with E-state index in [0.717, 1.165) is 12.3 Å². The van der Waals surface area contributed by atoms with Gasteiger partial charge in [0.05, 0.1) is 12.5 Å². The number of halogens is 1. The Morgan fingerprint density at radius 2 is 1.94 bits per heavy atom. The van der Waals surface area contributed by atoms with Gasteiger partial charge in [-0.25, -0.2) is 0 Å². The smallest absolute Gasteiger partial charge is 0.209 e. The molecule has 17 heavy (non-hydrogen) atoms. The highest BCUT2D eigenvalue weighted by molar-refractivity contribution is 5.93. The Labute approximate surface area is 121 Å². The molecule has 1 aromatic carbocycles. The monoisotopic (exact) mass is 345 g/mol. The van der Waals surface area contributed by atoms with E-state index in [9.17, 15) is 0 Å². The molecule has 0 saturated heterocycles. The van der Waals surface area contributed by atoms with Crippen molar-refractivity contribution in [2.75, 3.05) is 13.7 Å². The van der Waals surface area contributed by atoms with Crippen molar-refractivity contribution in [1.29, 1.82) is 0 Å². The Kier molecular flexibility index (Phi) is 4.23. The number of rotatable bonds is 2. The number of benzene rings is 1. The summed E-state index contributed by atoms with van der Waals surface area (Å²) in [5.74, 6) is 0.942. The van der Waals surface area contributed by atoms with Crippen LogP contribution in [-0.2, 0) is 5.41 Å². The number of fused-ring (bicyclic) bond motifs is 1. The summed E-state index contributed by atoms with van der Waals surface area (Å²) in [6, 6.07) is 6.36. The molecule has 3 heteroatoms. The molecule has 0 unspecified atom stereocenters. The number of hydrogen-bond donors (Lipinski definition) is 0. The van der Waals surface area contributed by atoms with E-state index in [1.54, 1.807) is 7.11 Å². The molecule has 0 spiro atoms. The van der Waals surface area contributed by atoms with Crippen molar-refractivity contribution in [1.82, 2.24) is 0 Å². The molecule has 0 radical (unpaired) electrons. The van der Waals surface area contributed by atoms with Gasteiger partial charge in [0, 0.05) is 18.6 Å². The fraction of sp³-hybridized carbons (Fsp3) is 0.500. The highest BCUT2D eigenvalue weighted by Crippen LogP contribution is 2.40. The van der Waals surface area contributed by atoms with Gasteiger partial charge in [0.25, 0.3) is 0 Å². The number of hydrogen-bond acceptors (Lipinski definition) is 1. The van der Waals surface area contributed by atoms with Gasteiger partial charge in [-0.1, -0.05) is 0 Å². The van der Waals surface area contributed by atoms with E-state index in [1.807, 2.05) is 6.07 Å². The first-order valence-electron chi connectivity index (χ1n) is 5.82. The van der Waals surface area contributed by atoms with E-state index < -0.39 is 0 Å². The second-order valence-electron chi connectivity index (χ2n) is 4.84. The average molecular weight is 345 g/mol. The predicted molar refractivity (Wildman–Crippen MR) is 67.2 cm³/mol. The van der Waals surface area contributed by atoms with Gasteiger partial charge in [0.1, 0.15) is 12.3 Å². The molecule has 94 valence electrons. The maximum Gasteiger partial charge on any atom is 0.209 e. The fourth-order valence-corrected chi connectivity index (χ4v) is 2.50. The van der Waals surface area contributed by atoms with Crippen molar-refractivity contribution in [3.8, 4) is 5.75 Å².